The van der Waals surface area contributed by atoms with Crippen LogP contribution < -0.4 is 5.32 Å². The molecule has 1 saturated heterocycles. The molecule has 21 heavy (non-hydrogen) atoms. The summed E-state index contributed by atoms with van der Waals surface area (Å²) in [6.45, 7) is 4.22. The van der Waals surface area contributed by atoms with E-state index in [1.54, 1.807) is 20.9 Å². The normalized spacial score (nSPS) is 21.3. The summed E-state index contributed by atoms with van der Waals surface area (Å²) in [6, 6.07) is -0.816. The largest absolute Gasteiger partial charge is 0.481 e. The van der Waals surface area contributed by atoms with Gasteiger partial charge in [0.15, 0.2) is 0 Å². The third-order valence-electron chi connectivity index (χ3n) is 3.78. The predicted octanol–water partition coefficient (Wildman–Crippen LogP) is 0.532. The molecule has 2 heterocycles. The third kappa shape index (κ3) is 3.15. The molecule has 1 aromatic rings. The first-order valence-electron chi connectivity index (χ1n) is 6.64. The quantitative estimate of drug-likeness (QED) is 0.840. The molecule has 8 nitrogen and oxygen atoms in total. The summed E-state index contributed by atoms with van der Waals surface area (Å²) in [5, 5.41) is 15.7. The molecular formula is C13H19N3O5. The van der Waals surface area contributed by atoms with Gasteiger partial charge in [0.2, 0.25) is 0 Å². The number of likely N-dealkylation sites (N-methyl/N-ethyl adjacent to an activating group) is 1. The van der Waals surface area contributed by atoms with Gasteiger partial charge in [-0.25, -0.2) is 4.79 Å². The molecule has 2 unspecified atom stereocenters. The van der Waals surface area contributed by atoms with Gasteiger partial charge >= 0.3 is 12.0 Å². The van der Waals surface area contributed by atoms with E-state index in [4.69, 9.17) is 14.4 Å². The van der Waals surface area contributed by atoms with Crippen molar-refractivity contribution in [3.8, 4) is 0 Å². The van der Waals surface area contributed by atoms with E-state index in [-0.39, 0.29) is 25.8 Å². The molecule has 1 fully saturated rings. The summed E-state index contributed by atoms with van der Waals surface area (Å²) in [5.74, 6) is -0.995. The number of urea groups is 1. The van der Waals surface area contributed by atoms with Crippen molar-refractivity contribution in [3.05, 3.63) is 17.0 Å². The second kappa shape index (κ2) is 6.13. The number of aromatic nitrogens is 1. The summed E-state index contributed by atoms with van der Waals surface area (Å²) >= 11 is 0. The topological polar surface area (TPSA) is 105 Å². The Hall–Kier alpha value is -2.09. The average Bonchev–Trinajstić information content (AvgIpc) is 3.03. The number of aryl methyl sites for hydroxylation is 2. The van der Waals surface area contributed by atoms with Crippen LogP contribution in [0.1, 0.15) is 17.0 Å². The summed E-state index contributed by atoms with van der Waals surface area (Å²) in [4.78, 5) is 24.6. The molecule has 1 aromatic heterocycles. The Morgan fingerprint density at radius 2 is 2.14 bits per heavy atom. The van der Waals surface area contributed by atoms with Crippen LogP contribution in [0.4, 0.5) is 4.79 Å². The maximum absolute atomic E-state index is 12.1. The van der Waals surface area contributed by atoms with Gasteiger partial charge in [-0.2, -0.15) is 0 Å². The highest BCUT2D eigenvalue weighted by Crippen LogP contribution is 2.19. The average molecular weight is 297 g/mol. The van der Waals surface area contributed by atoms with Gasteiger partial charge in [0.05, 0.1) is 24.9 Å². The van der Waals surface area contributed by atoms with Crippen molar-refractivity contribution >= 4 is 12.0 Å². The van der Waals surface area contributed by atoms with Crippen molar-refractivity contribution in [2.24, 2.45) is 5.92 Å². The van der Waals surface area contributed by atoms with Crippen molar-refractivity contribution in [2.45, 2.75) is 26.4 Å². The molecular weight excluding hydrogens is 278 g/mol. The number of carbonyl (C=O) groups is 2. The van der Waals surface area contributed by atoms with Crippen LogP contribution in [0.5, 0.6) is 0 Å². The van der Waals surface area contributed by atoms with Crippen molar-refractivity contribution in [1.29, 1.82) is 0 Å². The second-order valence-corrected chi connectivity index (χ2v) is 5.12. The van der Waals surface area contributed by atoms with Gasteiger partial charge in [-0.05, 0) is 13.8 Å². The fourth-order valence-electron chi connectivity index (χ4n) is 2.35. The molecule has 0 aromatic carbocycles. The lowest BCUT2D eigenvalue weighted by Gasteiger charge is -2.26. The monoisotopic (exact) mass is 297 g/mol. The fraction of sp³-hybridized carbons (Fsp3) is 0.615. The van der Waals surface area contributed by atoms with Crippen LogP contribution in [-0.4, -0.2) is 53.5 Å². The van der Waals surface area contributed by atoms with Crippen LogP contribution in [-0.2, 0) is 16.1 Å². The number of rotatable bonds is 4. The summed E-state index contributed by atoms with van der Waals surface area (Å²) < 4.78 is 10.2. The van der Waals surface area contributed by atoms with E-state index in [9.17, 15) is 9.59 Å². The molecule has 116 valence electrons. The molecule has 0 aliphatic carbocycles. The van der Waals surface area contributed by atoms with Crippen LogP contribution >= 0.6 is 0 Å². The molecule has 1 aliphatic rings. The van der Waals surface area contributed by atoms with E-state index in [1.165, 1.54) is 4.90 Å². The Bertz CT molecular complexity index is 522. The first kappa shape index (κ1) is 15.3. The van der Waals surface area contributed by atoms with Gasteiger partial charge < -0.3 is 24.6 Å². The second-order valence-electron chi connectivity index (χ2n) is 5.12. The fourth-order valence-corrected chi connectivity index (χ4v) is 2.35. The van der Waals surface area contributed by atoms with E-state index in [0.717, 1.165) is 11.3 Å². The van der Waals surface area contributed by atoms with Crippen LogP contribution in [0.2, 0.25) is 0 Å². The minimum Gasteiger partial charge on any atom is -0.481 e. The number of nitrogens with zero attached hydrogens (tertiary/aromatic N) is 2. The van der Waals surface area contributed by atoms with Gasteiger partial charge in [-0.3, -0.25) is 4.79 Å². The zero-order chi connectivity index (χ0) is 15.6. The zero-order valence-electron chi connectivity index (χ0n) is 12.3. The summed E-state index contributed by atoms with van der Waals surface area (Å²) in [5.41, 5.74) is 1.55. The lowest BCUT2D eigenvalue weighted by molar-refractivity contribution is -0.142. The van der Waals surface area contributed by atoms with Crippen molar-refractivity contribution < 1.29 is 24.0 Å². The highest BCUT2D eigenvalue weighted by Gasteiger charge is 2.38. The van der Waals surface area contributed by atoms with Crippen LogP contribution in [0, 0.1) is 19.8 Å². The number of nitrogens with one attached hydrogen (secondary N) is 1. The number of amides is 2. The maximum atomic E-state index is 12.1. The standard InChI is InChI=1S/C13H19N3O5/c1-7-9(8(2)21-15-7)4-14-13(19)16(3)11-6-20-5-10(11)12(17)18/h10-11H,4-6H2,1-3H3,(H,14,19)(H,17,18). The molecule has 0 bridgehead atoms. The molecule has 0 spiro atoms. The molecule has 1 aliphatic heterocycles. The number of carboxylic acid groups (broad SMARTS) is 1. The van der Waals surface area contributed by atoms with Crippen LogP contribution in [0.15, 0.2) is 4.52 Å². The van der Waals surface area contributed by atoms with Gasteiger partial charge in [0.1, 0.15) is 11.7 Å². The van der Waals surface area contributed by atoms with Crippen molar-refractivity contribution in [1.82, 2.24) is 15.4 Å². The number of hydrogen-bond donors (Lipinski definition) is 2. The van der Waals surface area contributed by atoms with Gasteiger partial charge in [-0.1, -0.05) is 5.16 Å². The van der Waals surface area contributed by atoms with E-state index in [1.807, 2.05) is 0 Å². The van der Waals surface area contributed by atoms with E-state index >= 15 is 0 Å². The number of carboxylic acids is 1. The molecule has 0 saturated carbocycles. The number of hydrogen-bond acceptors (Lipinski definition) is 5. The van der Waals surface area contributed by atoms with E-state index in [2.05, 4.69) is 10.5 Å². The molecule has 2 rings (SSSR count). The van der Waals surface area contributed by atoms with Gasteiger partial charge in [0, 0.05) is 19.2 Å². The lowest BCUT2D eigenvalue weighted by Crippen LogP contribution is -2.48. The Labute approximate surface area is 122 Å². The Morgan fingerprint density at radius 3 is 2.71 bits per heavy atom. The molecule has 2 amide bonds. The lowest BCUT2D eigenvalue weighted by atomic mass is 10.0. The minimum absolute atomic E-state index is 0.126. The van der Waals surface area contributed by atoms with Crippen LogP contribution in [0.25, 0.3) is 0 Å². The van der Waals surface area contributed by atoms with Gasteiger partial charge in [0.25, 0.3) is 0 Å². The van der Waals surface area contributed by atoms with E-state index < -0.39 is 17.9 Å². The summed E-state index contributed by atoms with van der Waals surface area (Å²) in [7, 11) is 1.57. The molecule has 0 radical (unpaired) electrons. The first-order valence-corrected chi connectivity index (χ1v) is 6.64. The highest BCUT2D eigenvalue weighted by molar-refractivity contribution is 5.77. The maximum Gasteiger partial charge on any atom is 0.317 e. The van der Waals surface area contributed by atoms with Crippen molar-refractivity contribution in [3.63, 3.8) is 0 Å². The SMILES string of the molecule is Cc1noc(C)c1CNC(=O)N(C)C1COCC1C(=O)O. The predicted molar refractivity (Wildman–Crippen MR) is 71.7 cm³/mol. The number of aliphatic carboxylic acids is 1. The Balaban J connectivity index is 1.95. The van der Waals surface area contributed by atoms with Crippen molar-refractivity contribution in [2.75, 3.05) is 20.3 Å². The van der Waals surface area contributed by atoms with Gasteiger partial charge in [-0.15, -0.1) is 0 Å². The third-order valence-corrected chi connectivity index (χ3v) is 3.78. The Morgan fingerprint density at radius 1 is 1.43 bits per heavy atom. The zero-order valence-corrected chi connectivity index (χ0v) is 12.3. The van der Waals surface area contributed by atoms with Crippen LogP contribution in [0.3, 0.4) is 0 Å². The molecule has 2 atom stereocenters. The highest BCUT2D eigenvalue weighted by atomic mass is 16.5. The number of ether oxygens (including phenoxy) is 1. The molecule has 8 heteroatoms. The Kier molecular flexibility index (Phi) is 4.46. The smallest absolute Gasteiger partial charge is 0.317 e. The number of carbonyl (C=O) groups excluding carboxylic acids is 1. The minimum atomic E-state index is -0.956. The summed E-state index contributed by atoms with van der Waals surface area (Å²) in [6.07, 6.45) is 0. The molecule has 2 N–H and O–H groups in total. The first-order chi connectivity index (χ1) is 9.91. The van der Waals surface area contributed by atoms with E-state index in [0.29, 0.717) is 5.76 Å².